The summed E-state index contributed by atoms with van der Waals surface area (Å²) in [6, 6.07) is 0. The number of carbonyl (C=O) groups is 4. The first kappa shape index (κ1) is 88.6. The molecule has 3 rings (SSSR count). The third-order valence-corrected chi connectivity index (χ3v) is 19.3. The van der Waals surface area contributed by atoms with E-state index >= 15 is 0 Å². The summed E-state index contributed by atoms with van der Waals surface area (Å²) in [7, 11) is -3.71. The summed E-state index contributed by atoms with van der Waals surface area (Å²) < 4.78 is 69.2. The van der Waals surface area contributed by atoms with Crippen molar-refractivity contribution in [2.24, 2.45) is 0 Å². The van der Waals surface area contributed by atoms with Gasteiger partial charge in [0.2, 0.25) is 11.8 Å². The normalized spacial score (nSPS) is 26.9. The maximum atomic E-state index is 13.3. The van der Waals surface area contributed by atoms with Gasteiger partial charge in [-0.3, -0.25) is 23.7 Å². The van der Waals surface area contributed by atoms with Gasteiger partial charge < -0.3 is 109 Å². The number of ether oxygens (including phenoxy) is 8. The van der Waals surface area contributed by atoms with Crippen molar-refractivity contribution < 1.29 is 122 Å². The average Bonchev–Trinajstić information content (AvgIpc) is 0.784. The minimum absolute atomic E-state index is 0.0164. The largest absolute Gasteiger partial charge is 0.462 e. The van der Waals surface area contributed by atoms with Crippen LogP contribution in [-0.2, 0) is 70.7 Å². The Balaban J connectivity index is 1.31. The molecule has 28 heteroatoms. The van der Waals surface area contributed by atoms with E-state index in [0.717, 1.165) is 38.5 Å². The molecule has 17 atom stereocenters. The molecule has 7 unspecified atom stereocenters. The van der Waals surface area contributed by atoms with Gasteiger partial charge in [0.25, 0.3) is 0 Å². The molecule has 0 saturated carbocycles. The molecular weight excluding hydrogens is 1290 g/mol. The molecule has 0 aliphatic carbocycles. The van der Waals surface area contributed by atoms with Crippen molar-refractivity contribution in [2.45, 2.75) is 350 Å². The number of unbranched alkanes of at least 4 members (excludes halogenated alkanes) is 29. The van der Waals surface area contributed by atoms with E-state index < -0.39 is 138 Å². The summed E-state index contributed by atoms with van der Waals surface area (Å²) in [6.07, 6.45) is 11.4. The number of hydrogen-bond donors (Lipinski definition) is 12. The summed E-state index contributed by atoms with van der Waals surface area (Å²) in [5, 5.41) is 110. The van der Waals surface area contributed by atoms with Gasteiger partial charge >= 0.3 is 19.5 Å². The van der Waals surface area contributed by atoms with E-state index in [1.54, 1.807) is 0 Å². The van der Waals surface area contributed by atoms with Gasteiger partial charge in [0.1, 0.15) is 79.9 Å². The van der Waals surface area contributed by atoms with Crippen LogP contribution in [0.5, 0.6) is 0 Å². The number of hydrogen-bond acceptors (Lipinski definition) is 25. The quantitative estimate of drug-likeness (QED) is 0.0176. The summed E-state index contributed by atoms with van der Waals surface area (Å²) in [6.45, 7) is 2.68. The Morgan fingerprint density at radius 2 is 0.773 bits per heavy atom. The molecule has 2 amide bonds. The second-order valence-electron chi connectivity index (χ2n) is 26.5. The van der Waals surface area contributed by atoms with Gasteiger partial charge in [0.05, 0.1) is 39.6 Å². The van der Waals surface area contributed by atoms with Crippen molar-refractivity contribution in [1.29, 1.82) is 0 Å². The third-order valence-electron chi connectivity index (χ3n) is 18.0. The van der Waals surface area contributed by atoms with Crippen LogP contribution in [-0.4, -0.2) is 239 Å². The first-order valence-electron chi connectivity index (χ1n) is 37.0. The SMILES string of the molecule is CCCCCCCCCCCCCCCCCC(=O)OC[C@H](COP(C)(=O)OCCNC(=O)CCCCC(=O)NCCCO[C@@H]1OC(CO)[C@H](O[C@@H]2OC(CO)[C@H](O[C@@H]3OC(CO)[C@H](O)[C@H](O)C3O)[C@H](O)C2O)[C@H](O)C1O)OC(=O)CCCCCCCCCCCCCCCCC. The van der Waals surface area contributed by atoms with E-state index in [1.807, 2.05) is 0 Å². The molecule has 0 aromatic heterocycles. The van der Waals surface area contributed by atoms with E-state index in [4.69, 9.17) is 46.9 Å². The fourth-order valence-corrected chi connectivity index (χ4v) is 12.9. The second-order valence-corrected chi connectivity index (χ2v) is 28.6. The van der Waals surface area contributed by atoms with Crippen LogP contribution < -0.4 is 10.6 Å². The van der Waals surface area contributed by atoms with E-state index in [9.17, 15) is 74.8 Å². The van der Waals surface area contributed by atoms with Gasteiger partial charge in [-0.2, -0.15) is 0 Å². The van der Waals surface area contributed by atoms with Crippen LogP contribution in [0.4, 0.5) is 0 Å². The summed E-state index contributed by atoms with van der Waals surface area (Å²) in [5.74, 6) is -1.47. The first-order valence-corrected chi connectivity index (χ1v) is 39.0. The van der Waals surface area contributed by atoms with E-state index in [0.29, 0.717) is 25.7 Å². The maximum Gasteiger partial charge on any atom is 0.327 e. The van der Waals surface area contributed by atoms with Crippen LogP contribution in [0, 0.1) is 0 Å². The van der Waals surface area contributed by atoms with Gasteiger partial charge in [0.15, 0.2) is 25.0 Å². The molecule has 0 bridgehead atoms. The Bertz CT molecular complexity index is 2070. The van der Waals surface area contributed by atoms with Crippen molar-refractivity contribution in [3.05, 3.63) is 0 Å². The zero-order chi connectivity index (χ0) is 71.1. The van der Waals surface area contributed by atoms with Crippen molar-refractivity contribution in [2.75, 3.05) is 66.0 Å². The molecular formula is C69H129N2O25P. The topological polar surface area (TPSA) is 404 Å². The predicted octanol–water partition coefficient (Wildman–Crippen LogP) is 6.47. The fourth-order valence-electron chi connectivity index (χ4n) is 12.0. The highest BCUT2D eigenvalue weighted by atomic mass is 31.2. The summed E-state index contributed by atoms with van der Waals surface area (Å²) in [4.78, 5) is 51.0. The predicted molar refractivity (Wildman–Crippen MR) is 359 cm³/mol. The van der Waals surface area contributed by atoms with Crippen LogP contribution in [0.25, 0.3) is 0 Å². The molecule has 97 heavy (non-hydrogen) atoms. The highest BCUT2D eigenvalue weighted by Crippen LogP contribution is 2.44. The van der Waals surface area contributed by atoms with Crippen molar-refractivity contribution in [3.63, 3.8) is 0 Å². The lowest BCUT2D eigenvalue weighted by Crippen LogP contribution is -2.66. The molecule has 0 aromatic rings. The van der Waals surface area contributed by atoms with Crippen molar-refractivity contribution >= 4 is 31.3 Å². The number of carbonyl (C=O) groups excluding carboxylic acids is 4. The Labute approximate surface area is 577 Å². The Kier molecular flexibility index (Phi) is 49.4. The molecule has 570 valence electrons. The second kappa shape index (κ2) is 54.1. The van der Waals surface area contributed by atoms with Gasteiger partial charge in [-0.1, -0.05) is 194 Å². The Morgan fingerprint density at radius 1 is 0.402 bits per heavy atom. The van der Waals surface area contributed by atoms with E-state index in [1.165, 1.54) is 148 Å². The van der Waals surface area contributed by atoms with E-state index in [-0.39, 0.29) is 83.4 Å². The lowest BCUT2D eigenvalue weighted by Gasteiger charge is -2.48. The third kappa shape index (κ3) is 37.9. The lowest BCUT2D eigenvalue weighted by molar-refractivity contribution is -0.379. The standard InChI is InChI=1S/C69H129N2O25P/c1-4-6-8-10-12-14-16-18-20-22-24-26-28-30-32-39-56(77)88-48-50(91-57(78)40-33-31-29-27-25-23-21-19-17-15-13-11-9-7-5-2)49-90-97(3,86)89-44-42-71-55(76)38-35-34-37-54(75)70-41-36-43-87-67-63(84)60(81)65(52(46-73)93-67)96-69-64(85)61(82)66(53(47-74)94-69)95-68-62(83)59(80)58(79)51(45-72)92-68/h50-53,58-69,72-74,79-85H,4-49H2,1-3H3,(H,70,75)(H,71,76)/t50-,51?,52?,53?,58+,59+,60-,61-,62?,63?,64?,65+,66+,67-,68+,69+,97?/m1/s1. The van der Waals surface area contributed by atoms with E-state index in [2.05, 4.69) is 24.5 Å². The molecule has 27 nitrogen and oxygen atoms in total. The summed E-state index contributed by atoms with van der Waals surface area (Å²) >= 11 is 0. The van der Waals surface area contributed by atoms with Gasteiger partial charge in [-0.25, -0.2) is 0 Å². The Hall–Kier alpha value is -2.61. The van der Waals surface area contributed by atoms with Crippen LogP contribution in [0.15, 0.2) is 0 Å². The number of amides is 2. The minimum atomic E-state index is -3.71. The number of nitrogens with one attached hydrogen (secondary N) is 2. The van der Waals surface area contributed by atoms with Crippen LogP contribution >= 0.6 is 7.60 Å². The number of esters is 2. The lowest BCUT2D eigenvalue weighted by atomic mass is 9.96. The van der Waals surface area contributed by atoms with Gasteiger partial charge in [0, 0.05) is 45.4 Å². The minimum Gasteiger partial charge on any atom is -0.462 e. The maximum absolute atomic E-state index is 13.3. The molecule has 3 saturated heterocycles. The molecule has 0 aromatic carbocycles. The number of aliphatic hydroxyl groups excluding tert-OH is 10. The van der Waals surface area contributed by atoms with Crippen molar-refractivity contribution in [3.8, 4) is 0 Å². The molecule has 3 aliphatic rings. The molecule has 0 radical (unpaired) electrons. The molecule has 3 fully saturated rings. The molecule has 0 spiro atoms. The van der Waals surface area contributed by atoms with Crippen molar-refractivity contribution in [1.82, 2.24) is 10.6 Å². The number of aliphatic hydroxyl groups is 10. The smallest absolute Gasteiger partial charge is 0.327 e. The number of rotatable bonds is 59. The highest BCUT2D eigenvalue weighted by molar-refractivity contribution is 7.52. The van der Waals surface area contributed by atoms with Gasteiger partial charge in [-0.05, 0) is 32.1 Å². The first-order chi connectivity index (χ1) is 46.8. The fraction of sp³-hybridized carbons (Fsp3) is 0.942. The monoisotopic (exact) mass is 1420 g/mol. The van der Waals surface area contributed by atoms with Gasteiger partial charge in [-0.15, -0.1) is 0 Å². The summed E-state index contributed by atoms with van der Waals surface area (Å²) in [5.41, 5.74) is 0. The Morgan fingerprint density at radius 3 is 1.22 bits per heavy atom. The van der Waals surface area contributed by atoms with Crippen LogP contribution in [0.1, 0.15) is 251 Å². The zero-order valence-corrected chi connectivity index (χ0v) is 59.7. The zero-order valence-electron chi connectivity index (χ0n) is 58.8. The van der Waals surface area contributed by atoms with Crippen LogP contribution in [0.3, 0.4) is 0 Å². The average molecular weight is 1420 g/mol. The van der Waals surface area contributed by atoms with Crippen LogP contribution in [0.2, 0.25) is 0 Å². The highest BCUT2D eigenvalue weighted by Gasteiger charge is 2.53. The molecule has 12 N–H and O–H groups in total. The molecule has 3 heterocycles. The molecule has 3 aliphatic heterocycles.